The number of benzene rings is 1. The SMILES string of the molecule is Cc1nc(N2C(=O)C3=C(C(=O)C4CCCCC4O3)C2c2ccc([N+](=O)[O-])cc2)sc1C. The maximum absolute atomic E-state index is 13.6. The third-order valence-corrected chi connectivity index (χ3v) is 7.48. The molecular formula is C22H21N3O5S. The third kappa shape index (κ3) is 3.06. The zero-order valence-electron chi connectivity index (χ0n) is 17.2. The van der Waals surface area contributed by atoms with E-state index in [0.29, 0.717) is 16.3 Å². The largest absolute Gasteiger partial charge is 0.483 e. The predicted octanol–water partition coefficient (Wildman–Crippen LogP) is 4.17. The second-order valence-electron chi connectivity index (χ2n) is 8.22. The highest BCUT2D eigenvalue weighted by molar-refractivity contribution is 7.15. The number of amides is 1. The summed E-state index contributed by atoms with van der Waals surface area (Å²) in [7, 11) is 0. The molecule has 1 aliphatic carbocycles. The lowest BCUT2D eigenvalue weighted by Crippen LogP contribution is -2.39. The number of hydrogen-bond donors (Lipinski definition) is 0. The fourth-order valence-electron chi connectivity index (χ4n) is 4.69. The molecule has 0 spiro atoms. The predicted molar refractivity (Wildman–Crippen MR) is 114 cm³/mol. The number of fused-ring (bicyclic) bond motifs is 1. The highest BCUT2D eigenvalue weighted by Crippen LogP contribution is 2.49. The molecule has 2 aromatic rings. The minimum absolute atomic E-state index is 0.0462. The van der Waals surface area contributed by atoms with E-state index < -0.39 is 11.0 Å². The minimum Gasteiger partial charge on any atom is -0.483 e. The lowest BCUT2D eigenvalue weighted by molar-refractivity contribution is -0.384. The van der Waals surface area contributed by atoms with E-state index in [0.717, 1.165) is 36.3 Å². The Bertz CT molecular complexity index is 1120. The van der Waals surface area contributed by atoms with Crippen molar-refractivity contribution < 1.29 is 19.2 Å². The Balaban J connectivity index is 1.65. The van der Waals surface area contributed by atoms with Gasteiger partial charge in [0.2, 0.25) is 0 Å². The molecule has 9 heteroatoms. The van der Waals surface area contributed by atoms with Crippen LogP contribution in [-0.2, 0) is 14.3 Å². The number of nitro benzene ring substituents is 1. The molecule has 1 aromatic carbocycles. The average molecular weight is 439 g/mol. The summed E-state index contributed by atoms with van der Waals surface area (Å²) < 4.78 is 6.14. The summed E-state index contributed by atoms with van der Waals surface area (Å²) in [6.07, 6.45) is 3.19. The van der Waals surface area contributed by atoms with Crippen LogP contribution in [0.4, 0.5) is 10.8 Å². The number of nitrogens with zero attached hydrogens (tertiary/aromatic N) is 3. The molecule has 3 atom stereocenters. The fourth-order valence-corrected chi connectivity index (χ4v) is 5.63. The summed E-state index contributed by atoms with van der Waals surface area (Å²) in [6, 6.07) is 5.29. The molecule has 3 aliphatic rings. The van der Waals surface area contributed by atoms with E-state index in [9.17, 15) is 19.7 Å². The van der Waals surface area contributed by atoms with Gasteiger partial charge in [-0.15, -0.1) is 11.3 Å². The van der Waals surface area contributed by atoms with Crippen molar-refractivity contribution in [2.24, 2.45) is 5.92 Å². The quantitative estimate of drug-likeness (QED) is 0.525. The number of ether oxygens (including phenoxy) is 1. The molecule has 0 bridgehead atoms. The van der Waals surface area contributed by atoms with Crippen LogP contribution in [0.15, 0.2) is 35.6 Å². The van der Waals surface area contributed by atoms with E-state index in [1.54, 1.807) is 12.1 Å². The van der Waals surface area contributed by atoms with Crippen molar-refractivity contribution in [3.8, 4) is 0 Å². The number of carbonyl (C=O) groups excluding carboxylic acids is 2. The van der Waals surface area contributed by atoms with Gasteiger partial charge in [0.05, 0.1) is 28.2 Å². The Morgan fingerprint density at radius 1 is 1.16 bits per heavy atom. The summed E-state index contributed by atoms with van der Waals surface area (Å²) >= 11 is 1.39. The first-order valence-corrected chi connectivity index (χ1v) is 11.2. The Labute approximate surface area is 182 Å². The zero-order valence-corrected chi connectivity index (χ0v) is 18.0. The standard InChI is InChI=1S/C22H21N3O5S/c1-11-12(2)31-22(23-11)24-18(13-7-9-14(10-8-13)25(28)29)17-19(26)15-5-3-4-6-16(15)30-20(17)21(24)27/h7-10,15-16,18H,3-6H2,1-2H3. The van der Waals surface area contributed by atoms with Crippen molar-refractivity contribution in [3.05, 3.63) is 61.8 Å². The van der Waals surface area contributed by atoms with Crippen LogP contribution in [0.25, 0.3) is 0 Å². The van der Waals surface area contributed by atoms with Gasteiger partial charge in [-0.1, -0.05) is 6.42 Å². The van der Waals surface area contributed by atoms with Gasteiger partial charge >= 0.3 is 0 Å². The van der Waals surface area contributed by atoms with Crippen LogP contribution in [0.1, 0.15) is 47.9 Å². The van der Waals surface area contributed by atoms with E-state index in [4.69, 9.17) is 4.74 Å². The van der Waals surface area contributed by atoms with Crippen LogP contribution < -0.4 is 4.90 Å². The number of hydrogen-bond acceptors (Lipinski definition) is 7. The van der Waals surface area contributed by atoms with Gasteiger partial charge in [-0.25, -0.2) is 4.98 Å². The monoisotopic (exact) mass is 439 g/mol. The molecule has 1 fully saturated rings. The van der Waals surface area contributed by atoms with Gasteiger partial charge < -0.3 is 4.74 Å². The Morgan fingerprint density at radius 3 is 2.52 bits per heavy atom. The highest BCUT2D eigenvalue weighted by atomic mass is 32.1. The molecule has 8 nitrogen and oxygen atoms in total. The topological polar surface area (TPSA) is 103 Å². The second kappa shape index (κ2) is 7.26. The van der Waals surface area contributed by atoms with Crippen molar-refractivity contribution >= 4 is 33.8 Å². The molecule has 0 saturated heterocycles. The first kappa shape index (κ1) is 19.9. The maximum Gasteiger partial charge on any atom is 0.296 e. The van der Waals surface area contributed by atoms with E-state index in [2.05, 4.69) is 4.98 Å². The van der Waals surface area contributed by atoms with Crippen LogP contribution in [0.3, 0.4) is 0 Å². The fraction of sp³-hybridized carbons (Fsp3) is 0.409. The van der Waals surface area contributed by atoms with Crippen LogP contribution >= 0.6 is 11.3 Å². The van der Waals surface area contributed by atoms with E-state index in [-0.39, 0.29) is 35.2 Å². The molecular weight excluding hydrogens is 418 g/mol. The van der Waals surface area contributed by atoms with Crippen LogP contribution in [0, 0.1) is 29.9 Å². The Morgan fingerprint density at radius 2 is 1.87 bits per heavy atom. The molecule has 3 unspecified atom stereocenters. The van der Waals surface area contributed by atoms with Gasteiger partial charge in [-0.2, -0.15) is 0 Å². The van der Waals surface area contributed by atoms with Crippen molar-refractivity contribution in [1.82, 2.24) is 4.98 Å². The number of rotatable bonds is 3. The smallest absolute Gasteiger partial charge is 0.296 e. The van der Waals surface area contributed by atoms with E-state index >= 15 is 0 Å². The van der Waals surface area contributed by atoms with E-state index in [1.165, 1.54) is 28.4 Å². The molecule has 0 N–H and O–H groups in total. The number of Topliss-reactive ketones (excluding diaryl/α,β-unsaturated/α-hetero) is 1. The molecule has 2 aliphatic heterocycles. The van der Waals surface area contributed by atoms with Crippen LogP contribution in [0.5, 0.6) is 0 Å². The summed E-state index contributed by atoms with van der Waals surface area (Å²) in [6.45, 7) is 3.81. The molecule has 5 rings (SSSR count). The number of non-ortho nitro benzene ring substituents is 1. The van der Waals surface area contributed by atoms with Gasteiger partial charge in [-0.3, -0.25) is 24.6 Å². The maximum atomic E-state index is 13.6. The molecule has 31 heavy (non-hydrogen) atoms. The normalized spacial score (nSPS) is 25.4. The number of aryl methyl sites for hydroxylation is 2. The second-order valence-corrected chi connectivity index (χ2v) is 9.40. The summed E-state index contributed by atoms with van der Waals surface area (Å²) in [4.78, 5) is 44.7. The van der Waals surface area contributed by atoms with Gasteiger partial charge in [0.1, 0.15) is 6.10 Å². The minimum atomic E-state index is -0.705. The lowest BCUT2D eigenvalue weighted by Gasteiger charge is -2.35. The van der Waals surface area contributed by atoms with Crippen LogP contribution in [0.2, 0.25) is 0 Å². The number of anilines is 1. The van der Waals surface area contributed by atoms with Crippen molar-refractivity contribution in [1.29, 1.82) is 0 Å². The van der Waals surface area contributed by atoms with Gasteiger partial charge in [-0.05, 0) is 50.8 Å². The highest BCUT2D eigenvalue weighted by Gasteiger charge is 2.53. The van der Waals surface area contributed by atoms with E-state index in [1.807, 2.05) is 13.8 Å². The Kier molecular flexibility index (Phi) is 4.65. The molecule has 0 radical (unpaired) electrons. The van der Waals surface area contributed by atoms with Crippen molar-refractivity contribution in [2.75, 3.05) is 4.90 Å². The zero-order chi connectivity index (χ0) is 21.9. The number of ketones is 1. The average Bonchev–Trinajstić information content (AvgIpc) is 3.24. The van der Waals surface area contributed by atoms with Gasteiger partial charge in [0.15, 0.2) is 16.7 Å². The summed E-state index contributed by atoms with van der Waals surface area (Å²) in [5.41, 5.74) is 1.75. The molecule has 1 saturated carbocycles. The summed E-state index contributed by atoms with van der Waals surface area (Å²) in [5, 5.41) is 11.6. The Hall–Kier alpha value is -3.07. The van der Waals surface area contributed by atoms with Gasteiger partial charge in [0, 0.05) is 17.0 Å². The number of nitro groups is 1. The third-order valence-electron chi connectivity index (χ3n) is 6.41. The molecule has 160 valence electrons. The first-order valence-electron chi connectivity index (χ1n) is 10.3. The summed E-state index contributed by atoms with van der Waals surface area (Å²) in [5.74, 6) is -0.554. The van der Waals surface area contributed by atoms with Crippen LogP contribution in [-0.4, -0.2) is 27.7 Å². The first-order chi connectivity index (χ1) is 14.9. The lowest BCUT2D eigenvalue weighted by atomic mass is 9.77. The molecule has 1 aromatic heterocycles. The number of thiazole rings is 1. The number of aromatic nitrogens is 1. The van der Waals surface area contributed by atoms with Crippen molar-refractivity contribution in [2.45, 2.75) is 51.7 Å². The number of carbonyl (C=O) groups is 2. The molecule has 1 amide bonds. The molecule has 3 heterocycles. The van der Waals surface area contributed by atoms with Gasteiger partial charge in [0.25, 0.3) is 11.6 Å². The van der Waals surface area contributed by atoms with Crippen molar-refractivity contribution in [3.63, 3.8) is 0 Å².